The number of hydrogen-bond acceptors (Lipinski definition) is 3. The van der Waals surface area contributed by atoms with Gasteiger partial charge in [-0.2, -0.15) is 5.10 Å². The fourth-order valence-electron chi connectivity index (χ4n) is 2.58. The topological polar surface area (TPSA) is 30.2 Å². The Bertz CT molecular complexity index is 992. The van der Waals surface area contributed by atoms with E-state index in [-0.39, 0.29) is 0 Å². The third-order valence-corrected chi connectivity index (χ3v) is 4.84. The van der Waals surface area contributed by atoms with Crippen molar-refractivity contribution in [3.05, 3.63) is 96.1 Å². The molecule has 0 amide bonds. The van der Waals surface area contributed by atoms with E-state index < -0.39 is 0 Å². The lowest BCUT2D eigenvalue weighted by molar-refractivity contribution is 0.792. The molecule has 0 fully saturated rings. The molecule has 0 spiro atoms. The third-order valence-electron chi connectivity index (χ3n) is 3.84. The molecule has 0 bridgehead atoms. The highest BCUT2D eigenvalue weighted by atomic mass is 32.2. The van der Waals surface area contributed by atoms with Crippen molar-refractivity contribution >= 4 is 29.0 Å². The van der Waals surface area contributed by atoms with Crippen LogP contribution in [0.15, 0.2) is 95.2 Å². The Morgan fingerprint density at radius 3 is 2.32 bits per heavy atom. The van der Waals surface area contributed by atoms with Crippen LogP contribution in [0.5, 0.6) is 0 Å². The van der Waals surface area contributed by atoms with Gasteiger partial charge in [-0.1, -0.05) is 84.6 Å². The summed E-state index contributed by atoms with van der Waals surface area (Å²) in [6, 6.07) is 28.6. The van der Waals surface area contributed by atoms with Gasteiger partial charge >= 0.3 is 0 Å². The molecule has 4 aromatic rings. The van der Waals surface area contributed by atoms with Crippen molar-refractivity contribution < 1.29 is 0 Å². The lowest BCUT2D eigenvalue weighted by Gasteiger charge is -2.03. The lowest BCUT2D eigenvalue weighted by Crippen LogP contribution is -1.94. The van der Waals surface area contributed by atoms with Gasteiger partial charge in [0.05, 0.1) is 17.2 Å². The summed E-state index contributed by atoms with van der Waals surface area (Å²) in [6.07, 6.45) is 1.88. The van der Waals surface area contributed by atoms with Crippen molar-refractivity contribution in [2.24, 2.45) is 5.10 Å². The molecule has 0 atom stereocenters. The average Bonchev–Trinajstić information content (AvgIpc) is 3.04. The molecule has 3 nitrogen and oxygen atoms in total. The van der Waals surface area contributed by atoms with Crippen molar-refractivity contribution in [3.8, 4) is 0 Å². The first-order valence-electron chi connectivity index (χ1n) is 8.14. The standard InChI is InChI=1S/C21H17N3S/c1-3-9-17(10-4-1)15-22-24-20-14-8-7-13-19(20)23-21(24)25-16-18-11-5-2-6-12-18/h1-15H,16H2/b22-15-. The van der Waals surface area contributed by atoms with Gasteiger partial charge in [0, 0.05) is 5.75 Å². The Morgan fingerprint density at radius 2 is 1.52 bits per heavy atom. The van der Waals surface area contributed by atoms with E-state index in [1.807, 2.05) is 65.5 Å². The Hall–Kier alpha value is -2.85. The molecule has 1 heterocycles. The van der Waals surface area contributed by atoms with E-state index in [4.69, 9.17) is 4.98 Å². The first kappa shape index (κ1) is 15.7. The minimum absolute atomic E-state index is 0.866. The largest absolute Gasteiger partial charge is 0.221 e. The van der Waals surface area contributed by atoms with E-state index >= 15 is 0 Å². The molecule has 0 saturated heterocycles. The molecule has 0 aliphatic carbocycles. The number of aromatic nitrogens is 2. The first-order valence-corrected chi connectivity index (χ1v) is 9.12. The summed E-state index contributed by atoms with van der Waals surface area (Å²) in [4.78, 5) is 4.75. The van der Waals surface area contributed by atoms with Gasteiger partial charge in [-0.05, 0) is 23.3 Å². The molecule has 4 rings (SSSR count). The number of para-hydroxylation sites is 2. The summed E-state index contributed by atoms with van der Waals surface area (Å²) in [5.74, 6) is 0.866. The molecular weight excluding hydrogens is 326 g/mol. The molecular formula is C21H17N3S. The van der Waals surface area contributed by atoms with Crippen LogP contribution >= 0.6 is 11.8 Å². The molecule has 122 valence electrons. The fraction of sp³-hybridized carbons (Fsp3) is 0.0476. The van der Waals surface area contributed by atoms with Gasteiger partial charge in [0.15, 0.2) is 5.16 Å². The van der Waals surface area contributed by atoms with E-state index in [2.05, 4.69) is 35.4 Å². The number of benzene rings is 3. The quantitative estimate of drug-likeness (QED) is 0.368. The van der Waals surface area contributed by atoms with E-state index in [1.165, 1.54) is 5.56 Å². The molecule has 0 aliphatic heterocycles. The second-order valence-electron chi connectivity index (χ2n) is 5.62. The van der Waals surface area contributed by atoms with Crippen LogP contribution in [-0.4, -0.2) is 15.9 Å². The Balaban J connectivity index is 1.67. The van der Waals surface area contributed by atoms with Gasteiger partial charge in [0.2, 0.25) is 0 Å². The van der Waals surface area contributed by atoms with Crippen LogP contribution in [-0.2, 0) is 5.75 Å². The molecule has 0 saturated carbocycles. The highest BCUT2D eigenvalue weighted by Gasteiger charge is 2.10. The number of fused-ring (bicyclic) bond motifs is 1. The molecule has 0 unspecified atom stereocenters. The van der Waals surface area contributed by atoms with Crippen molar-refractivity contribution in [3.63, 3.8) is 0 Å². The van der Waals surface area contributed by atoms with Crippen molar-refractivity contribution in [2.45, 2.75) is 10.9 Å². The molecule has 1 aromatic heterocycles. The number of thioether (sulfide) groups is 1. The van der Waals surface area contributed by atoms with E-state index in [0.717, 1.165) is 27.5 Å². The van der Waals surface area contributed by atoms with E-state index in [0.29, 0.717) is 0 Å². The number of imidazole rings is 1. The predicted molar refractivity (Wildman–Crippen MR) is 105 cm³/mol. The van der Waals surface area contributed by atoms with Crippen molar-refractivity contribution in [1.82, 2.24) is 9.66 Å². The second kappa shape index (κ2) is 7.36. The maximum Gasteiger partial charge on any atom is 0.190 e. The summed E-state index contributed by atoms with van der Waals surface area (Å²) in [5, 5.41) is 5.59. The number of hydrogen-bond donors (Lipinski definition) is 0. The minimum Gasteiger partial charge on any atom is -0.221 e. The normalized spacial score (nSPS) is 11.4. The summed E-state index contributed by atoms with van der Waals surface area (Å²) < 4.78 is 1.93. The summed E-state index contributed by atoms with van der Waals surface area (Å²) in [5.41, 5.74) is 4.32. The zero-order valence-electron chi connectivity index (χ0n) is 13.6. The monoisotopic (exact) mass is 343 g/mol. The van der Waals surface area contributed by atoms with Crippen LogP contribution in [0.4, 0.5) is 0 Å². The second-order valence-corrected chi connectivity index (χ2v) is 6.57. The molecule has 25 heavy (non-hydrogen) atoms. The van der Waals surface area contributed by atoms with Crippen molar-refractivity contribution in [2.75, 3.05) is 0 Å². The van der Waals surface area contributed by atoms with Gasteiger partial charge in [0.1, 0.15) is 0 Å². The SMILES string of the molecule is C(=N/n1c(SCc2ccccc2)nc2ccccc21)/c1ccccc1. The fourth-order valence-corrected chi connectivity index (χ4v) is 3.50. The number of nitrogens with zero attached hydrogens (tertiary/aromatic N) is 3. The maximum absolute atomic E-state index is 4.75. The highest BCUT2D eigenvalue weighted by molar-refractivity contribution is 7.98. The molecule has 0 N–H and O–H groups in total. The van der Waals surface area contributed by atoms with Gasteiger partial charge in [-0.25, -0.2) is 9.66 Å². The Kier molecular flexibility index (Phi) is 4.61. The van der Waals surface area contributed by atoms with Crippen LogP contribution in [0.25, 0.3) is 11.0 Å². The van der Waals surface area contributed by atoms with Crippen LogP contribution in [0.3, 0.4) is 0 Å². The summed E-state index contributed by atoms with van der Waals surface area (Å²) in [7, 11) is 0. The first-order chi connectivity index (χ1) is 12.4. The molecule has 0 radical (unpaired) electrons. The molecule has 4 heteroatoms. The van der Waals surface area contributed by atoms with Gasteiger partial charge < -0.3 is 0 Å². The van der Waals surface area contributed by atoms with Crippen molar-refractivity contribution in [1.29, 1.82) is 0 Å². The maximum atomic E-state index is 4.75. The van der Waals surface area contributed by atoms with Crippen LogP contribution in [0.2, 0.25) is 0 Å². The summed E-state index contributed by atoms with van der Waals surface area (Å²) in [6.45, 7) is 0. The van der Waals surface area contributed by atoms with E-state index in [9.17, 15) is 0 Å². The smallest absolute Gasteiger partial charge is 0.190 e. The zero-order chi connectivity index (χ0) is 16.9. The van der Waals surface area contributed by atoms with Crippen LogP contribution in [0, 0.1) is 0 Å². The van der Waals surface area contributed by atoms with Gasteiger partial charge in [-0.15, -0.1) is 0 Å². The van der Waals surface area contributed by atoms with Gasteiger partial charge in [-0.3, -0.25) is 0 Å². The lowest BCUT2D eigenvalue weighted by atomic mass is 10.2. The van der Waals surface area contributed by atoms with Gasteiger partial charge in [0.25, 0.3) is 0 Å². The minimum atomic E-state index is 0.866. The predicted octanol–water partition coefficient (Wildman–Crippen LogP) is 5.21. The Labute approximate surface area is 151 Å². The van der Waals surface area contributed by atoms with E-state index in [1.54, 1.807) is 11.8 Å². The number of rotatable bonds is 5. The third kappa shape index (κ3) is 3.64. The zero-order valence-corrected chi connectivity index (χ0v) is 14.4. The Morgan fingerprint density at radius 1 is 0.840 bits per heavy atom. The highest BCUT2D eigenvalue weighted by Crippen LogP contribution is 2.26. The summed E-state index contributed by atoms with van der Waals surface area (Å²) >= 11 is 1.70. The molecule has 3 aromatic carbocycles. The van der Waals surface area contributed by atoms with Crippen LogP contribution in [0.1, 0.15) is 11.1 Å². The molecule has 0 aliphatic rings. The van der Waals surface area contributed by atoms with Crippen LogP contribution < -0.4 is 0 Å². The average molecular weight is 343 g/mol.